The Kier molecular flexibility index (Phi) is 6.08. The molecular weight excluding hydrogens is 328 g/mol. The smallest absolute Gasteiger partial charge is 0.325 e. The van der Waals surface area contributed by atoms with Gasteiger partial charge in [-0.25, -0.2) is 9.97 Å². The van der Waals surface area contributed by atoms with Crippen LogP contribution in [0.25, 0.3) is 10.2 Å². The van der Waals surface area contributed by atoms with Crippen LogP contribution in [0.15, 0.2) is 6.33 Å². The third-order valence-corrected chi connectivity index (χ3v) is 4.87. The largest absolute Gasteiger partial charge is 0.465 e. The summed E-state index contributed by atoms with van der Waals surface area (Å²) in [6, 6.07) is 0. The van der Waals surface area contributed by atoms with Crippen LogP contribution in [0.5, 0.6) is 0 Å². The SMILES string of the molecule is CCOC(=O)CNC(=O)c1sc2ncnc(N(CC)CC)c2c1C. The maximum absolute atomic E-state index is 12.4. The molecule has 130 valence electrons. The van der Waals surface area contributed by atoms with Crippen molar-refractivity contribution in [3.8, 4) is 0 Å². The molecule has 2 aromatic heterocycles. The number of hydrogen-bond donors (Lipinski definition) is 1. The van der Waals surface area contributed by atoms with Gasteiger partial charge in [0.05, 0.1) is 16.9 Å². The van der Waals surface area contributed by atoms with E-state index in [0.717, 1.165) is 34.7 Å². The summed E-state index contributed by atoms with van der Waals surface area (Å²) >= 11 is 1.31. The van der Waals surface area contributed by atoms with E-state index < -0.39 is 5.97 Å². The first-order valence-corrected chi connectivity index (χ1v) is 8.77. The van der Waals surface area contributed by atoms with E-state index in [-0.39, 0.29) is 12.5 Å². The van der Waals surface area contributed by atoms with Gasteiger partial charge in [-0.15, -0.1) is 11.3 Å². The van der Waals surface area contributed by atoms with Crippen LogP contribution in [0.3, 0.4) is 0 Å². The van der Waals surface area contributed by atoms with Gasteiger partial charge in [0, 0.05) is 13.1 Å². The Hall–Kier alpha value is -2.22. The van der Waals surface area contributed by atoms with E-state index in [1.54, 1.807) is 6.92 Å². The molecule has 0 aromatic carbocycles. The number of rotatable bonds is 7. The standard InChI is InChI=1S/C16H22N4O3S/c1-5-20(6-2)14-12-10(4)13(24-16(12)19-9-18-14)15(22)17-8-11(21)23-7-3/h9H,5-8H2,1-4H3,(H,17,22). The predicted molar refractivity (Wildman–Crippen MR) is 94.7 cm³/mol. The van der Waals surface area contributed by atoms with E-state index in [0.29, 0.717) is 11.5 Å². The van der Waals surface area contributed by atoms with Crippen molar-refractivity contribution in [2.24, 2.45) is 0 Å². The number of amides is 1. The van der Waals surface area contributed by atoms with Crippen molar-refractivity contribution < 1.29 is 14.3 Å². The number of anilines is 1. The zero-order valence-corrected chi connectivity index (χ0v) is 15.2. The topological polar surface area (TPSA) is 84.4 Å². The molecular formula is C16H22N4O3S. The van der Waals surface area contributed by atoms with Crippen molar-refractivity contribution in [3.05, 3.63) is 16.8 Å². The molecule has 0 aliphatic heterocycles. The molecule has 0 radical (unpaired) electrons. The summed E-state index contributed by atoms with van der Waals surface area (Å²) in [5.41, 5.74) is 0.832. The van der Waals surface area contributed by atoms with Crippen LogP contribution in [-0.4, -0.2) is 48.1 Å². The molecule has 0 fully saturated rings. The van der Waals surface area contributed by atoms with Crippen LogP contribution in [-0.2, 0) is 9.53 Å². The number of carbonyl (C=O) groups is 2. The van der Waals surface area contributed by atoms with Gasteiger partial charge in [-0.1, -0.05) is 0 Å². The Morgan fingerprint density at radius 2 is 1.96 bits per heavy atom. The van der Waals surface area contributed by atoms with Gasteiger partial charge in [0.15, 0.2) is 0 Å². The number of esters is 1. The third kappa shape index (κ3) is 3.64. The Balaban J connectivity index is 2.32. The highest BCUT2D eigenvalue weighted by molar-refractivity contribution is 7.20. The molecule has 2 heterocycles. The fraction of sp³-hybridized carbons (Fsp3) is 0.500. The lowest BCUT2D eigenvalue weighted by molar-refractivity contribution is -0.141. The van der Waals surface area contributed by atoms with Crippen molar-refractivity contribution >= 4 is 39.2 Å². The number of nitrogens with one attached hydrogen (secondary N) is 1. The Morgan fingerprint density at radius 1 is 1.25 bits per heavy atom. The van der Waals surface area contributed by atoms with E-state index in [4.69, 9.17) is 4.74 Å². The minimum atomic E-state index is -0.451. The normalized spacial score (nSPS) is 10.7. The Labute approximate surface area is 145 Å². The number of hydrogen-bond acceptors (Lipinski definition) is 7. The monoisotopic (exact) mass is 350 g/mol. The quantitative estimate of drug-likeness (QED) is 0.770. The van der Waals surface area contributed by atoms with Crippen molar-refractivity contribution in [1.29, 1.82) is 0 Å². The maximum Gasteiger partial charge on any atom is 0.325 e. The molecule has 24 heavy (non-hydrogen) atoms. The van der Waals surface area contributed by atoms with Crippen molar-refractivity contribution in [1.82, 2.24) is 15.3 Å². The fourth-order valence-electron chi connectivity index (χ4n) is 2.48. The average Bonchev–Trinajstić information content (AvgIpc) is 2.92. The molecule has 0 saturated carbocycles. The van der Waals surface area contributed by atoms with Crippen molar-refractivity contribution in [2.75, 3.05) is 31.1 Å². The zero-order valence-electron chi connectivity index (χ0n) is 14.4. The van der Waals surface area contributed by atoms with Gasteiger partial charge in [-0.05, 0) is 33.3 Å². The molecule has 0 aliphatic rings. The van der Waals surface area contributed by atoms with Gasteiger partial charge in [-0.3, -0.25) is 9.59 Å². The predicted octanol–water partition coefficient (Wildman–Crippen LogP) is 2.14. The minimum Gasteiger partial charge on any atom is -0.465 e. The molecule has 2 aromatic rings. The van der Waals surface area contributed by atoms with Crippen LogP contribution in [0, 0.1) is 6.92 Å². The van der Waals surface area contributed by atoms with E-state index in [1.807, 2.05) is 6.92 Å². The first-order chi connectivity index (χ1) is 11.5. The molecule has 0 saturated heterocycles. The van der Waals surface area contributed by atoms with Crippen LogP contribution >= 0.6 is 11.3 Å². The first kappa shape index (κ1) is 18.1. The van der Waals surface area contributed by atoms with Crippen LogP contribution in [0.4, 0.5) is 5.82 Å². The molecule has 0 atom stereocenters. The number of aromatic nitrogens is 2. The fourth-order valence-corrected chi connectivity index (χ4v) is 3.54. The summed E-state index contributed by atoms with van der Waals surface area (Å²) in [4.78, 5) is 35.9. The molecule has 1 amide bonds. The summed E-state index contributed by atoms with van der Waals surface area (Å²) in [5, 5.41) is 3.49. The van der Waals surface area contributed by atoms with Crippen LogP contribution in [0.1, 0.15) is 36.0 Å². The van der Waals surface area contributed by atoms with Gasteiger partial charge in [-0.2, -0.15) is 0 Å². The highest BCUT2D eigenvalue weighted by atomic mass is 32.1. The van der Waals surface area contributed by atoms with E-state index in [1.165, 1.54) is 17.7 Å². The number of aryl methyl sites for hydroxylation is 1. The lowest BCUT2D eigenvalue weighted by atomic mass is 10.2. The number of carbonyl (C=O) groups excluding carboxylic acids is 2. The number of nitrogens with zero attached hydrogens (tertiary/aromatic N) is 3. The lowest BCUT2D eigenvalue weighted by Crippen LogP contribution is -2.30. The molecule has 0 spiro atoms. The van der Waals surface area contributed by atoms with E-state index in [9.17, 15) is 9.59 Å². The molecule has 7 nitrogen and oxygen atoms in total. The van der Waals surface area contributed by atoms with Crippen LogP contribution < -0.4 is 10.2 Å². The second kappa shape index (κ2) is 8.05. The summed E-state index contributed by atoms with van der Waals surface area (Å²) < 4.78 is 4.82. The minimum absolute atomic E-state index is 0.144. The van der Waals surface area contributed by atoms with E-state index in [2.05, 4.69) is 34.0 Å². The Bertz CT molecular complexity index is 740. The summed E-state index contributed by atoms with van der Waals surface area (Å²) in [7, 11) is 0. The molecule has 0 aliphatic carbocycles. The van der Waals surface area contributed by atoms with Gasteiger partial charge in [0.25, 0.3) is 5.91 Å². The second-order valence-electron chi connectivity index (χ2n) is 5.09. The first-order valence-electron chi connectivity index (χ1n) is 7.96. The maximum atomic E-state index is 12.4. The van der Waals surface area contributed by atoms with Gasteiger partial charge < -0.3 is 15.0 Å². The lowest BCUT2D eigenvalue weighted by Gasteiger charge is -2.20. The highest BCUT2D eigenvalue weighted by Gasteiger charge is 2.21. The van der Waals surface area contributed by atoms with Gasteiger partial charge in [0.1, 0.15) is 23.5 Å². The Morgan fingerprint density at radius 3 is 2.58 bits per heavy atom. The summed E-state index contributed by atoms with van der Waals surface area (Å²) in [5.74, 6) is 0.0884. The molecule has 0 bridgehead atoms. The number of ether oxygens (including phenoxy) is 1. The molecule has 0 unspecified atom stereocenters. The number of fused-ring (bicyclic) bond motifs is 1. The van der Waals surface area contributed by atoms with Crippen molar-refractivity contribution in [2.45, 2.75) is 27.7 Å². The third-order valence-electron chi connectivity index (χ3n) is 3.67. The highest BCUT2D eigenvalue weighted by Crippen LogP contribution is 2.34. The zero-order chi connectivity index (χ0) is 17.7. The second-order valence-corrected chi connectivity index (χ2v) is 6.09. The van der Waals surface area contributed by atoms with E-state index >= 15 is 0 Å². The number of thiophene rings is 1. The molecule has 8 heteroatoms. The van der Waals surface area contributed by atoms with Gasteiger partial charge in [0.2, 0.25) is 0 Å². The summed E-state index contributed by atoms with van der Waals surface area (Å²) in [6.07, 6.45) is 1.52. The molecule has 2 rings (SSSR count). The average molecular weight is 350 g/mol. The van der Waals surface area contributed by atoms with Gasteiger partial charge >= 0.3 is 5.97 Å². The molecule has 1 N–H and O–H groups in total. The summed E-state index contributed by atoms with van der Waals surface area (Å²) in [6.45, 7) is 9.52. The van der Waals surface area contributed by atoms with Crippen LogP contribution in [0.2, 0.25) is 0 Å². The van der Waals surface area contributed by atoms with Crippen molar-refractivity contribution in [3.63, 3.8) is 0 Å².